The van der Waals surface area contributed by atoms with Gasteiger partial charge in [-0.1, -0.05) is 0 Å². The number of carbonyl (C=O) groups is 2. The number of carbonyl (C=O) groups excluding carboxylic acids is 2. The summed E-state index contributed by atoms with van der Waals surface area (Å²) in [4.78, 5) is 30.6. The zero-order valence-corrected chi connectivity index (χ0v) is 12.0. The normalized spacial score (nSPS) is 16.9. The fraction of sp³-hybridized carbons (Fsp3) is 0.385. The van der Waals surface area contributed by atoms with Crippen molar-refractivity contribution in [2.24, 2.45) is 16.5 Å². The standard InChI is InChI=1S/C13H19N7O2/c14-9(15)5-6-17-12(21)7-2-4-11(19-7)20-13(22)8-1-3-10(16)18-8/h2,4,8,19H,1,3,5-6H2,(H3,14,15)(H2,16,18)(H,17,21)(H,20,22). The first-order chi connectivity index (χ1) is 10.5. The van der Waals surface area contributed by atoms with Gasteiger partial charge in [0.1, 0.15) is 17.6 Å². The van der Waals surface area contributed by atoms with Gasteiger partial charge >= 0.3 is 0 Å². The van der Waals surface area contributed by atoms with Crippen LogP contribution in [-0.2, 0) is 4.79 Å². The Hall–Kier alpha value is -2.84. The van der Waals surface area contributed by atoms with Crippen molar-refractivity contribution in [1.29, 1.82) is 5.41 Å². The van der Waals surface area contributed by atoms with E-state index in [0.717, 1.165) is 0 Å². The van der Waals surface area contributed by atoms with Crippen LogP contribution in [0.1, 0.15) is 29.8 Å². The van der Waals surface area contributed by atoms with Crippen LogP contribution in [0.25, 0.3) is 0 Å². The smallest absolute Gasteiger partial charge is 0.267 e. The minimum Gasteiger partial charge on any atom is -0.388 e. The summed E-state index contributed by atoms with van der Waals surface area (Å²) in [5, 5.41) is 12.4. The summed E-state index contributed by atoms with van der Waals surface area (Å²) in [5.41, 5.74) is 11.1. The number of H-pyrrole nitrogens is 1. The van der Waals surface area contributed by atoms with Crippen molar-refractivity contribution in [3.63, 3.8) is 0 Å². The molecule has 22 heavy (non-hydrogen) atoms. The molecule has 0 spiro atoms. The molecular formula is C13H19N7O2. The highest BCUT2D eigenvalue weighted by Gasteiger charge is 2.23. The van der Waals surface area contributed by atoms with Gasteiger partial charge in [0, 0.05) is 19.4 Å². The average Bonchev–Trinajstić information content (AvgIpc) is 3.07. The molecule has 9 nitrogen and oxygen atoms in total. The van der Waals surface area contributed by atoms with E-state index >= 15 is 0 Å². The molecule has 0 saturated carbocycles. The maximum absolute atomic E-state index is 12.0. The molecule has 8 N–H and O–H groups in total. The molecule has 0 saturated heterocycles. The summed E-state index contributed by atoms with van der Waals surface area (Å²) in [6.07, 6.45) is 1.50. The predicted octanol–water partition coefficient (Wildman–Crippen LogP) is -0.471. The van der Waals surface area contributed by atoms with Gasteiger partial charge in [-0.3, -0.25) is 20.0 Å². The second kappa shape index (κ2) is 6.74. The van der Waals surface area contributed by atoms with Gasteiger partial charge in [-0.05, 0) is 18.6 Å². The van der Waals surface area contributed by atoms with Crippen molar-refractivity contribution in [2.45, 2.75) is 25.3 Å². The third-order valence-electron chi connectivity index (χ3n) is 3.17. The molecule has 2 rings (SSSR count). The van der Waals surface area contributed by atoms with Crippen LogP contribution < -0.4 is 22.1 Å². The summed E-state index contributed by atoms with van der Waals surface area (Å²) < 4.78 is 0. The summed E-state index contributed by atoms with van der Waals surface area (Å²) in [6.45, 7) is 0.283. The molecule has 1 aromatic rings. The van der Waals surface area contributed by atoms with E-state index in [0.29, 0.717) is 30.2 Å². The number of anilines is 1. The molecule has 1 aromatic heterocycles. The number of nitrogens with zero attached hydrogens (tertiary/aromatic N) is 1. The van der Waals surface area contributed by atoms with Crippen molar-refractivity contribution in [3.8, 4) is 0 Å². The highest BCUT2D eigenvalue weighted by atomic mass is 16.2. The molecule has 1 atom stereocenters. The number of aliphatic imine (C=N–C) groups is 1. The van der Waals surface area contributed by atoms with Crippen LogP contribution in [0.5, 0.6) is 0 Å². The molecule has 0 radical (unpaired) electrons. The maximum atomic E-state index is 12.0. The number of nitrogens with two attached hydrogens (primary N) is 2. The molecular weight excluding hydrogens is 286 g/mol. The van der Waals surface area contributed by atoms with E-state index in [1.807, 2.05) is 0 Å². The lowest BCUT2D eigenvalue weighted by Gasteiger charge is -2.06. The topological polar surface area (TPSA) is 162 Å². The molecule has 118 valence electrons. The van der Waals surface area contributed by atoms with Gasteiger partial charge in [-0.15, -0.1) is 0 Å². The van der Waals surface area contributed by atoms with Crippen molar-refractivity contribution >= 4 is 29.3 Å². The molecule has 1 aliphatic heterocycles. The molecule has 2 heterocycles. The van der Waals surface area contributed by atoms with Crippen molar-refractivity contribution in [1.82, 2.24) is 10.3 Å². The first kappa shape index (κ1) is 15.5. The molecule has 0 fully saturated rings. The Bertz CT molecular complexity index is 620. The Labute approximate surface area is 127 Å². The molecule has 0 bridgehead atoms. The third-order valence-corrected chi connectivity index (χ3v) is 3.17. The SMILES string of the molecule is N=C(N)CCNC(=O)c1ccc(NC(=O)C2CCC(N)=N2)[nH]1. The highest BCUT2D eigenvalue weighted by Crippen LogP contribution is 2.14. The number of hydrogen-bond acceptors (Lipinski definition) is 5. The second-order valence-electron chi connectivity index (χ2n) is 4.98. The molecule has 0 aromatic carbocycles. The molecule has 1 unspecified atom stereocenters. The molecule has 9 heteroatoms. The first-order valence-electron chi connectivity index (χ1n) is 6.89. The van der Waals surface area contributed by atoms with Gasteiger partial charge in [0.25, 0.3) is 5.91 Å². The van der Waals surface area contributed by atoms with Gasteiger partial charge in [0.05, 0.1) is 11.7 Å². The van der Waals surface area contributed by atoms with Crippen molar-refractivity contribution in [2.75, 3.05) is 11.9 Å². The van der Waals surface area contributed by atoms with Crippen LogP contribution in [0.15, 0.2) is 17.1 Å². The van der Waals surface area contributed by atoms with E-state index in [-0.39, 0.29) is 30.6 Å². The van der Waals surface area contributed by atoms with Crippen molar-refractivity contribution < 1.29 is 9.59 Å². The summed E-state index contributed by atoms with van der Waals surface area (Å²) in [5.74, 6) is 0.325. The lowest BCUT2D eigenvalue weighted by Crippen LogP contribution is -2.28. The highest BCUT2D eigenvalue weighted by molar-refractivity contribution is 5.99. The van der Waals surface area contributed by atoms with Gasteiger partial charge in [-0.2, -0.15) is 0 Å². The summed E-state index contributed by atoms with van der Waals surface area (Å²) >= 11 is 0. The number of hydrogen-bond donors (Lipinski definition) is 6. The molecule has 2 amide bonds. The quantitative estimate of drug-likeness (QED) is 0.309. The fourth-order valence-corrected chi connectivity index (χ4v) is 2.03. The Morgan fingerprint density at radius 3 is 2.86 bits per heavy atom. The average molecular weight is 305 g/mol. The largest absolute Gasteiger partial charge is 0.388 e. The van der Waals surface area contributed by atoms with Gasteiger partial charge in [0.2, 0.25) is 5.91 Å². The van der Waals surface area contributed by atoms with Crippen LogP contribution in [0.3, 0.4) is 0 Å². The van der Waals surface area contributed by atoms with Crippen LogP contribution in [0, 0.1) is 5.41 Å². The monoisotopic (exact) mass is 305 g/mol. The van der Waals surface area contributed by atoms with Crippen molar-refractivity contribution in [3.05, 3.63) is 17.8 Å². The second-order valence-corrected chi connectivity index (χ2v) is 4.98. The van der Waals surface area contributed by atoms with Gasteiger partial charge in [0.15, 0.2) is 0 Å². The molecule has 0 aliphatic carbocycles. The predicted molar refractivity (Wildman–Crippen MR) is 82.9 cm³/mol. The minimum atomic E-state index is -0.476. The van der Waals surface area contributed by atoms with E-state index in [9.17, 15) is 9.59 Å². The van der Waals surface area contributed by atoms with E-state index < -0.39 is 6.04 Å². The lowest BCUT2D eigenvalue weighted by atomic mass is 10.2. The summed E-state index contributed by atoms with van der Waals surface area (Å²) in [6, 6.07) is 2.68. The van der Waals surface area contributed by atoms with Crippen LogP contribution in [-0.4, -0.2) is 41.1 Å². The Balaban J connectivity index is 1.87. The fourth-order valence-electron chi connectivity index (χ4n) is 2.03. The summed E-state index contributed by atoms with van der Waals surface area (Å²) in [7, 11) is 0. The number of amides is 2. The number of nitrogens with one attached hydrogen (secondary N) is 4. The van der Waals surface area contributed by atoms with Crippen LogP contribution in [0.4, 0.5) is 5.82 Å². The van der Waals surface area contributed by atoms with Gasteiger partial charge in [-0.25, -0.2) is 0 Å². The van der Waals surface area contributed by atoms with E-state index in [2.05, 4.69) is 20.6 Å². The Morgan fingerprint density at radius 2 is 2.23 bits per heavy atom. The first-order valence-corrected chi connectivity index (χ1v) is 6.89. The molecule has 1 aliphatic rings. The van der Waals surface area contributed by atoms with E-state index in [1.165, 1.54) is 0 Å². The number of rotatable bonds is 6. The number of amidine groups is 2. The van der Waals surface area contributed by atoms with Gasteiger partial charge < -0.3 is 27.1 Å². The Kier molecular flexibility index (Phi) is 4.77. The zero-order valence-electron chi connectivity index (χ0n) is 12.0. The van der Waals surface area contributed by atoms with Crippen LogP contribution >= 0.6 is 0 Å². The maximum Gasteiger partial charge on any atom is 0.267 e. The number of aromatic nitrogens is 1. The number of aromatic amines is 1. The van der Waals surface area contributed by atoms with Crippen LogP contribution in [0.2, 0.25) is 0 Å². The minimum absolute atomic E-state index is 0.0103. The van der Waals surface area contributed by atoms with E-state index in [4.69, 9.17) is 16.9 Å². The lowest BCUT2D eigenvalue weighted by molar-refractivity contribution is -0.117. The Morgan fingerprint density at radius 1 is 1.45 bits per heavy atom. The third kappa shape index (κ3) is 4.08. The zero-order chi connectivity index (χ0) is 16.1. The van der Waals surface area contributed by atoms with E-state index in [1.54, 1.807) is 12.1 Å².